The molecule has 59 valence electrons. The number of hydrogen-bond donors (Lipinski definition) is 1. The van der Waals surface area contributed by atoms with Crippen molar-refractivity contribution in [2.45, 2.75) is 19.9 Å². The fraction of sp³-hybridized carbons (Fsp3) is 0.400. The third kappa shape index (κ3) is 2.05. The van der Waals surface area contributed by atoms with E-state index in [2.05, 4.69) is 19.9 Å². The van der Waals surface area contributed by atoms with Gasteiger partial charge in [-0.15, -0.1) is 0 Å². The molecule has 0 saturated heterocycles. The van der Waals surface area contributed by atoms with Crippen molar-refractivity contribution in [2.75, 3.05) is 0 Å². The molecule has 0 saturated carbocycles. The van der Waals surface area contributed by atoms with Crippen molar-refractivity contribution in [2.24, 2.45) is 11.7 Å². The SMILES string of the molecule is CC(C)C(N)c1c[c]ccc1. The Morgan fingerprint density at radius 1 is 1.45 bits per heavy atom. The molecule has 0 aliphatic carbocycles. The lowest BCUT2D eigenvalue weighted by atomic mass is 9.97. The lowest BCUT2D eigenvalue weighted by Gasteiger charge is -2.15. The first kappa shape index (κ1) is 8.28. The summed E-state index contributed by atoms with van der Waals surface area (Å²) >= 11 is 0. The molecule has 0 heterocycles. The van der Waals surface area contributed by atoms with E-state index in [9.17, 15) is 0 Å². The fourth-order valence-corrected chi connectivity index (χ4v) is 0.999. The maximum atomic E-state index is 5.92. The highest BCUT2D eigenvalue weighted by atomic mass is 14.6. The maximum absolute atomic E-state index is 5.92. The molecule has 1 unspecified atom stereocenters. The highest BCUT2D eigenvalue weighted by Crippen LogP contribution is 2.17. The fourth-order valence-electron chi connectivity index (χ4n) is 0.999. The summed E-state index contributed by atoms with van der Waals surface area (Å²) in [5, 5.41) is 0. The van der Waals surface area contributed by atoms with Gasteiger partial charge in [-0.05, 0) is 23.6 Å². The van der Waals surface area contributed by atoms with Crippen LogP contribution >= 0.6 is 0 Å². The summed E-state index contributed by atoms with van der Waals surface area (Å²) in [7, 11) is 0. The van der Waals surface area contributed by atoms with Gasteiger partial charge in [-0.3, -0.25) is 0 Å². The molecule has 1 aromatic rings. The molecule has 1 nitrogen and oxygen atoms in total. The second-order valence-electron chi connectivity index (χ2n) is 3.11. The van der Waals surface area contributed by atoms with Crippen molar-refractivity contribution in [3.8, 4) is 0 Å². The average molecular weight is 148 g/mol. The van der Waals surface area contributed by atoms with E-state index < -0.39 is 0 Å². The van der Waals surface area contributed by atoms with Crippen molar-refractivity contribution in [3.63, 3.8) is 0 Å². The van der Waals surface area contributed by atoms with Gasteiger partial charge in [-0.2, -0.15) is 0 Å². The van der Waals surface area contributed by atoms with E-state index in [1.165, 1.54) is 5.56 Å². The van der Waals surface area contributed by atoms with Crippen LogP contribution in [0.25, 0.3) is 0 Å². The van der Waals surface area contributed by atoms with Crippen LogP contribution in [0.15, 0.2) is 24.3 Å². The van der Waals surface area contributed by atoms with Gasteiger partial charge in [-0.1, -0.05) is 32.0 Å². The number of rotatable bonds is 2. The highest BCUT2D eigenvalue weighted by molar-refractivity contribution is 5.17. The Morgan fingerprint density at radius 3 is 2.64 bits per heavy atom. The molecule has 0 aliphatic heterocycles. The zero-order valence-electron chi connectivity index (χ0n) is 7.04. The first-order valence-corrected chi connectivity index (χ1v) is 3.93. The van der Waals surface area contributed by atoms with Gasteiger partial charge in [0.15, 0.2) is 0 Å². The molecule has 0 spiro atoms. The third-order valence-corrected chi connectivity index (χ3v) is 1.83. The smallest absolute Gasteiger partial charge is 0.0318 e. The Hall–Kier alpha value is -0.820. The van der Waals surface area contributed by atoms with E-state index in [4.69, 9.17) is 5.73 Å². The summed E-state index contributed by atoms with van der Waals surface area (Å²) in [5.41, 5.74) is 7.09. The van der Waals surface area contributed by atoms with Crippen LogP contribution in [0, 0.1) is 12.0 Å². The molecule has 1 radical (unpaired) electrons. The summed E-state index contributed by atoms with van der Waals surface area (Å²) < 4.78 is 0. The minimum Gasteiger partial charge on any atom is -0.324 e. The summed E-state index contributed by atoms with van der Waals surface area (Å²) in [5.74, 6) is 0.491. The van der Waals surface area contributed by atoms with Gasteiger partial charge in [0.1, 0.15) is 0 Å². The summed E-state index contributed by atoms with van der Waals surface area (Å²) in [6.07, 6.45) is 0. The van der Waals surface area contributed by atoms with Gasteiger partial charge in [0.2, 0.25) is 0 Å². The molecule has 11 heavy (non-hydrogen) atoms. The van der Waals surface area contributed by atoms with Gasteiger partial charge in [0.25, 0.3) is 0 Å². The molecule has 0 aliphatic rings. The second kappa shape index (κ2) is 3.54. The van der Waals surface area contributed by atoms with E-state index in [0.29, 0.717) is 5.92 Å². The Balaban J connectivity index is 2.77. The van der Waals surface area contributed by atoms with Crippen LogP contribution in [-0.2, 0) is 0 Å². The van der Waals surface area contributed by atoms with Crippen molar-refractivity contribution in [3.05, 3.63) is 35.9 Å². The zero-order chi connectivity index (χ0) is 8.27. The number of nitrogens with two attached hydrogens (primary N) is 1. The van der Waals surface area contributed by atoms with Gasteiger partial charge in [0.05, 0.1) is 0 Å². The van der Waals surface area contributed by atoms with Gasteiger partial charge in [0, 0.05) is 6.04 Å². The Labute approximate surface area is 68.2 Å². The Kier molecular flexibility index (Phi) is 2.66. The molecule has 2 N–H and O–H groups in total. The minimum absolute atomic E-state index is 0.146. The lowest BCUT2D eigenvalue weighted by Crippen LogP contribution is -2.16. The first-order chi connectivity index (χ1) is 5.22. The largest absolute Gasteiger partial charge is 0.324 e. The summed E-state index contributed by atoms with van der Waals surface area (Å²) in [4.78, 5) is 0. The predicted molar refractivity (Wildman–Crippen MR) is 47.0 cm³/mol. The van der Waals surface area contributed by atoms with E-state index in [0.717, 1.165) is 0 Å². The van der Waals surface area contributed by atoms with Crippen LogP contribution in [0.5, 0.6) is 0 Å². The molecule has 0 amide bonds. The number of hydrogen-bond acceptors (Lipinski definition) is 1. The molecule has 1 atom stereocenters. The summed E-state index contributed by atoms with van der Waals surface area (Å²) in [6, 6.07) is 11.0. The molecular weight excluding hydrogens is 134 g/mol. The van der Waals surface area contributed by atoms with Gasteiger partial charge >= 0.3 is 0 Å². The van der Waals surface area contributed by atoms with Crippen LogP contribution in [-0.4, -0.2) is 0 Å². The molecule has 0 fully saturated rings. The zero-order valence-corrected chi connectivity index (χ0v) is 7.04. The molecular formula is C10H14N. The molecule has 0 aromatic heterocycles. The van der Waals surface area contributed by atoms with Gasteiger partial charge < -0.3 is 5.73 Å². The van der Waals surface area contributed by atoms with Gasteiger partial charge in [-0.25, -0.2) is 0 Å². The standard InChI is InChI=1S/C10H14N/c1-8(2)10(11)9-6-4-3-5-7-9/h3-4,6-8,10H,11H2,1-2H3. The molecule has 1 rings (SSSR count). The van der Waals surface area contributed by atoms with E-state index in [-0.39, 0.29) is 6.04 Å². The van der Waals surface area contributed by atoms with Crippen molar-refractivity contribution >= 4 is 0 Å². The van der Waals surface area contributed by atoms with Crippen LogP contribution in [0.2, 0.25) is 0 Å². The minimum atomic E-state index is 0.146. The second-order valence-corrected chi connectivity index (χ2v) is 3.11. The quantitative estimate of drug-likeness (QED) is 0.683. The summed E-state index contributed by atoms with van der Waals surface area (Å²) in [6.45, 7) is 4.25. The topological polar surface area (TPSA) is 26.0 Å². The first-order valence-electron chi connectivity index (χ1n) is 3.93. The van der Waals surface area contributed by atoms with E-state index >= 15 is 0 Å². The molecule has 1 heteroatoms. The number of benzene rings is 1. The molecule has 0 bridgehead atoms. The predicted octanol–water partition coefficient (Wildman–Crippen LogP) is 2.14. The Morgan fingerprint density at radius 2 is 2.18 bits per heavy atom. The van der Waals surface area contributed by atoms with Crippen molar-refractivity contribution in [1.82, 2.24) is 0 Å². The van der Waals surface area contributed by atoms with Crippen molar-refractivity contribution < 1.29 is 0 Å². The maximum Gasteiger partial charge on any atom is 0.0318 e. The van der Waals surface area contributed by atoms with Crippen LogP contribution in [0.4, 0.5) is 0 Å². The normalized spacial score (nSPS) is 13.5. The van der Waals surface area contributed by atoms with Crippen LogP contribution in [0.1, 0.15) is 25.5 Å². The van der Waals surface area contributed by atoms with Crippen molar-refractivity contribution in [1.29, 1.82) is 0 Å². The van der Waals surface area contributed by atoms with Crippen LogP contribution < -0.4 is 5.73 Å². The Bertz CT molecular complexity index is 203. The highest BCUT2D eigenvalue weighted by Gasteiger charge is 2.08. The van der Waals surface area contributed by atoms with Crippen LogP contribution in [0.3, 0.4) is 0 Å². The molecule has 1 aromatic carbocycles. The average Bonchev–Trinajstić information content (AvgIpc) is 2.05. The van der Waals surface area contributed by atoms with E-state index in [1.807, 2.05) is 24.3 Å². The van der Waals surface area contributed by atoms with E-state index in [1.54, 1.807) is 0 Å². The lowest BCUT2D eigenvalue weighted by molar-refractivity contribution is 0.514. The third-order valence-electron chi connectivity index (χ3n) is 1.83. The monoisotopic (exact) mass is 148 g/mol.